The van der Waals surface area contributed by atoms with Crippen LogP contribution in [0.15, 0.2) is 36.8 Å². The van der Waals surface area contributed by atoms with Crippen molar-refractivity contribution >= 4 is 11.6 Å². The van der Waals surface area contributed by atoms with Gasteiger partial charge in [-0.3, -0.25) is 0 Å². The van der Waals surface area contributed by atoms with E-state index in [0.29, 0.717) is 0 Å². The van der Waals surface area contributed by atoms with Crippen molar-refractivity contribution in [2.45, 2.75) is 6.54 Å². The molecule has 1 radical (unpaired) electrons. The van der Waals surface area contributed by atoms with E-state index in [1.54, 1.807) is 6.33 Å². The van der Waals surface area contributed by atoms with Crippen LogP contribution in [0, 0.1) is 6.92 Å². The van der Waals surface area contributed by atoms with Gasteiger partial charge in [-0.2, -0.15) is 0 Å². The van der Waals surface area contributed by atoms with Gasteiger partial charge in [-0.1, -0.05) is 23.7 Å². The van der Waals surface area contributed by atoms with Crippen LogP contribution < -0.4 is 0 Å². The predicted molar refractivity (Wildman–Crippen MR) is 57.2 cm³/mol. The Labute approximate surface area is 88.2 Å². The number of imidazole rings is 1. The molecule has 0 saturated heterocycles. The van der Waals surface area contributed by atoms with Crippen LogP contribution in [0.3, 0.4) is 0 Å². The van der Waals surface area contributed by atoms with Gasteiger partial charge in [0, 0.05) is 17.8 Å². The molecule has 0 N–H and O–H groups in total. The Kier molecular flexibility index (Phi) is 2.55. The van der Waals surface area contributed by atoms with Crippen LogP contribution in [0.4, 0.5) is 0 Å². The summed E-state index contributed by atoms with van der Waals surface area (Å²) in [6, 6.07) is 7.80. The van der Waals surface area contributed by atoms with Crippen molar-refractivity contribution in [3.8, 4) is 0 Å². The highest BCUT2D eigenvalue weighted by Crippen LogP contribution is 2.11. The summed E-state index contributed by atoms with van der Waals surface area (Å²) in [5, 5.41) is 0.762. The molecule has 0 aliphatic heterocycles. The fourth-order valence-corrected chi connectivity index (χ4v) is 1.55. The minimum atomic E-state index is 0.762. The minimum Gasteiger partial charge on any atom is -0.333 e. The van der Waals surface area contributed by atoms with E-state index in [0.717, 1.165) is 22.8 Å². The number of hydrogen-bond donors (Lipinski definition) is 0. The van der Waals surface area contributed by atoms with Crippen molar-refractivity contribution in [3.05, 3.63) is 60.0 Å². The van der Waals surface area contributed by atoms with Crippen molar-refractivity contribution in [1.82, 2.24) is 9.55 Å². The predicted octanol–water partition coefficient (Wildman–Crippen LogP) is 2.77. The van der Waals surface area contributed by atoms with Gasteiger partial charge < -0.3 is 4.57 Å². The number of nitrogens with zero attached hydrogens (tertiary/aromatic N) is 2. The van der Waals surface area contributed by atoms with E-state index in [-0.39, 0.29) is 0 Å². The van der Waals surface area contributed by atoms with Crippen LogP contribution in [0.5, 0.6) is 0 Å². The van der Waals surface area contributed by atoms with Gasteiger partial charge in [-0.25, -0.2) is 4.98 Å². The standard InChI is InChI=1S/C11H10ClN2/c1-9-6-14(8-13-9)7-10-3-2-4-11(12)5-10/h2-6,8H,1,7H2. The van der Waals surface area contributed by atoms with E-state index in [4.69, 9.17) is 11.6 Å². The average molecular weight is 206 g/mol. The van der Waals surface area contributed by atoms with Crippen LogP contribution >= 0.6 is 11.6 Å². The number of benzene rings is 1. The quantitative estimate of drug-likeness (QED) is 0.737. The maximum atomic E-state index is 5.88. The number of hydrogen-bond acceptors (Lipinski definition) is 1. The summed E-state index contributed by atoms with van der Waals surface area (Å²) in [7, 11) is 0. The third-order valence-corrected chi connectivity index (χ3v) is 2.18. The van der Waals surface area contributed by atoms with Crippen molar-refractivity contribution in [2.24, 2.45) is 0 Å². The zero-order valence-electron chi connectivity index (χ0n) is 7.65. The first-order valence-corrected chi connectivity index (χ1v) is 4.70. The normalized spacial score (nSPS) is 10.4. The monoisotopic (exact) mass is 205 g/mol. The highest BCUT2D eigenvalue weighted by atomic mass is 35.5. The first-order valence-electron chi connectivity index (χ1n) is 4.32. The molecule has 0 atom stereocenters. The van der Waals surface area contributed by atoms with E-state index < -0.39 is 0 Å². The third-order valence-electron chi connectivity index (χ3n) is 1.94. The molecule has 0 aliphatic carbocycles. The van der Waals surface area contributed by atoms with Gasteiger partial charge >= 0.3 is 0 Å². The van der Waals surface area contributed by atoms with E-state index >= 15 is 0 Å². The molecule has 0 unspecified atom stereocenters. The second-order valence-corrected chi connectivity index (χ2v) is 3.60. The summed E-state index contributed by atoms with van der Waals surface area (Å²) in [6.45, 7) is 4.52. The summed E-state index contributed by atoms with van der Waals surface area (Å²) in [5.41, 5.74) is 1.95. The van der Waals surface area contributed by atoms with Crippen LogP contribution in [0.2, 0.25) is 5.02 Å². The second-order valence-electron chi connectivity index (χ2n) is 3.17. The van der Waals surface area contributed by atoms with Gasteiger partial charge in [0.2, 0.25) is 0 Å². The van der Waals surface area contributed by atoms with Crippen LogP contribution in [0.1, 0.15) is 11.3 Å². The Morgan fingerprint density at radius 2 is 2.29 bits per heavy atom. The van der Waals surface area contributed by atoms with Gasteiger partial charge in [0.05, 0.1) is 12.0 Å². The molecule has 0 aliphatic rings. The molecule has 2 rings (SSSR count). The number of aromatic nitrogens is 2. The molecule has 1 heterocycles. The van der Waals surface area contributed by atoms with Crippen LogP contribution in [0.25, 0.3) is 0 Å². The highest BCUT2D eigenvalue weighted by Gasteiger charge is 1.96. The Hall–Kier alpha value is -1.28. The summed E-state index contributed by atoms with van der Waals surface area (Å²) in [4.78, 5) is 4.05. The lowest BCUT2D eigenvalue weighted by Gasteiger charge is -2.02. The molecule has 1 aromatic carbocycles. The van der Waals surface area contributed by atoms with Gasteiger partial charge in [0.15, 0.2) is 0 Å². The molecule has 3 heteroatoms. The highest BCUT2D eigenvalue weighted by molar-refractivity contribution is 6.30. The van der Waals surface area contributed by atoms with Crippen molar-refractivity contribution in [2.75, 3.05) is 0 Å². The Balaban J connectivity index is 2.18. The maximum absolute atomic E-state index is 5.88. The van der Waals surface area contributed by atoms with E-state index in [1.807, 2.05) is 35.0 Å². The van der Waals surface area contributed by atoms with Crippen molar-refractivity contribution in [1.29, 1.82) is 0 Å². The van der Waals surface area contributed by atoms with E-state index in [2.05, 4.69) is 11.9 Å². The van der Waals surface area contributed by atoms with E-state index in [9.17, 15) is 0 Å². The fraction of sp³-hybridized carbons (Fsp3) is 0.0909. The molecule has 1 aromatic heterocycles. The lowest BCUT2D eigenvalue weighted by Crippen LogP contribution is -1.95. The second kappa shape index (κ2) is 3.84. The topological polar surface area (TPSA) is 17.8 Å². The van der Waals surface area contributed by atoms with Crippen molar-refractivity contribution in [3.63, 3.8) is 0 Å². The SMILES string of the molecule is [CH2]c1cn(Cc2cccc(Cl)c2)cn1. The Morgan fingerprint density at radius 3 is 2.93 bits per heavy atom. The minimum absolute atomic E-state index is 0.762. The van der Waals surface area contributed by atoms with Gasteiger partial charge in [-0.15, -0.1) is 0 Å². The molecule has 0 bridgehead atoms. The molecular weight excluding hydrogens is 196 g/mol. The van der Waals surface area contributed by atoms with Gasteiger partial charge in [0.1, 0.15) is 0 Å². The molecule has 2 nitrogen and oxygen atoms in total. The first-order chi connectivity index (χ1) is 6.74. The van der Waals surface area contributed by atoms with Crippen molar-refractivity contribution < 1.29 is 0 Å². The van der Waals surface area contributed by atoms with Crippen LogP contribution in [-0.4, -0.2) is 9.55 Å². The zero-order valence-corrected chi connectivity index (χ0v) is 8.41. The summed E-state index contributed by atoms with van der Waals surface area (Å²) in [5.74, 6) is 0. The smallest absolute Gasteiger partial charge is 0.0952 e. The average Bonchev–Trinajstić information content (AvgIpc) is 2.51. The van der Waals surface area contributed by atoms with Gasteiger partial charge in [-0.05, 0) is 24.6 Å². The number of rotatable bonds is 2. The lowest BCUT2D eigenvalue weighted by molar-refractivity contribution is 0.797. The molecule has 71 valence electrons. The molecular formula is C11H10ClN2. The number of halogens is 1. The molecule has 0 amide bonds. The Morgan fingerprint density at radius 1 is 1.43 bits per heavy atom. The van der Waals surface area contributed by atoms with Crippen LogP contribution in [-0.2, 0) is 6.54 Å². The van der Waals surface area contributed by atoms with Gasteiger partial charge in [0.25, 0.3) is 0 Å². The zero-order chi connectivity index (χ0) is 9.97. The maximum Gasteiger partial charge on any atom is 0.0952 e. The largest absolute Gasteiger partial charge is 0.333 e. The molecule has 2 aromatic rings. The summed E-state index contributed by atoms with van der Waals surface area (Å²) in [6.07, 6.45) is 3.67. The lowest BCUT2D eigenvalue weighted by atomic mass is 10.2. The first kappa shape index (κ1) is 9.28. The third kappa shape index (κ3) is 2.15. The fourth-order valence-electron chi connectivity index (χ4n) is 1.34. The molecule has 0 spiro atoms. The molecule has 0 saturated carbocycles. The van der Waals surface area contributed by atoms with E-state index in [1.165, 1.54) is 0 Å². The summed E-state index contributed by atoms with van der Waals surface area (Å²) >= 11 is 5.88. The molecule has 14 heavy (non-hydrogen) atoms. The Bertz CT molecular complexity index is 434. The molecule has 0 fully saturated rings. The summed E-state index contributed by atoms with van der Waals surface area (Å²) < 4.78 is 1.98.